The van der Waals surface area contributed by atoms with Crippen LogP contribution in [-0.4, -0.2) is 36.0 Å². The number of benzene rings is 1. The average molecular weight is 335 g/mol. The molecule has 7 nitrogen and oxygen atoms in total. The highest BCUT2D eigenvalue weighted by atomic mass is 32.2. The molecule has 1 N–H and O–H groups in total. The molecule has 1 atom stereocenters. The molecule has 2 aromatic rings. The number of sulfone groups is 1. The monoisotopic (exact) mass is 335 g/mol. The van der Waals surface area contributed by atoms with Gasteiger partial charge >= 0.3 is 0 Å². The summed E-state index contributed by atoms with van der Waals surface area (Å²) in [5.41, 5.74) is 1.07. The molecule has 1 aliphatic heterocycles. The molecule has 1 amide bonds. The standard InChI is InChI=1S/C15H17N3O4S/c19-15(12-6-7-23(20,21)10-12)16-9-14-17-13(18-22-14)8-11-4-2-1-3-5-11/h1-5,12H,6-10H2,(H,16,19)/t12-/m0/s1. The maximum atomic E-state index is 11.9. The van der Waals surface area contributed by atoms with Crippen LogP contribution in [0.4, 0.5) is 0 Å². The zero-order chi connectivity index (χ0) is 16.3. The minimum atomic E-state index is -3.07. The fourth-order valence-electron chi connectivity index (χ4n) is 2.52. The molecule has 1 aromatic heterocycles. The molecule has 2 heterocycles. The first-order valence-electron chi connectivity index (χ1n) is 7.35. The second-order valence-electron chi connectivity index (χ2n) is 5.58. The first-order chi connectivity index (χ1) is 11.0. The SMILES string of the molecule is O=C(NCc1nc(Cc2ccccc2)no1)[C@H]1CCS(=O)(=O)C1. The number of hydrogen-bond donors (Lipinski definition) is 1. The van der Waals surface area contributed by atoms with Gasteiger partial charge in [0.2, 0.25) is 11.8 Å². The minimum Gasteiger partial charge on any atom is -0.347 e. The molecule has 0 bridgehead atoms. The van der Waals surface area contributed by atoms with Gasteiger partial charge in [0.25, 0.3) is 0 Å². The van der Waals surface area contributed by atoms with Crippen molar-refractivity contribution in [3.63, 3.8) is 0 Å². The first-order valence-corrected chi connectivity index (χ1v) is 9.17. The van der Waals surface area contributed by atoms with Crippen molar-refractivity contribution in [2.75, 3.05) is 11.5 Å². The second kappa shape index (κ2) is 6.49. The third-order valence-corrected chi connectivity index (χ3v) is 5.50. The largest absolute Gasteiger partial charge is 0.347 e. The molecule has 1 aliphatic rings. The Morgan fingerprint density at radius 2 is 2.09 bits per heavy atom. The molecule has 122 valence electrons. The number of nitrogens with one attached hydrogen (secondary N) is 1. The molecule has 0 saturated carbocycles. The van der Waals surface area contributed by atoms with Crippen molar-refractivity contribution in [2.24, 2.45) is 5.92 Å². The fourth-order valence-corrected chi connectivity index (χ4v) is 4.26. The third kappa shape index (κ3) is 4.16. The van der Waals surface area contributed by atoms with Crippen LogP contribution >= 0.6 is 0 Å². The molecule has 23 heavy (non-hydrogen) atoms. The fraction of sp³-hybridized carbons (Fsp3) is 0.400. The summed E-state index contributed by atoms with van der Waals surface area (Å²) in [5, 5.41) is 6.53. The lowest BCUT2D eigenvalue weighted by Crippen LogP contribution is -2.31. The van der Waals surface area contributed by atoms with Gasteiger partial charge in [0.15, 0.2) is 15.7 Å². The molecule has 3 rings (SSSR count). The van der Waals surface area contributed by atoms with Crippen LogP contribution in [0.1, 0.15) is 23.7 Å². The molecule has 0 spiro atoms. The first kappa shape index (κ1) is 15.7. The van der Waals surface area contributed by atoms with Gasteiger partial charge in [0.1, 0.15) is 0 Å². The van der Waals surface area contributed by atoms with E-state index < -0.39 is 15.8 Å². The summed E-state index contributed by atoms with van der Waals surface area (Å²) in [4.78, 5) is 16.2. The molecular formula is C15H17N3O4S. The van der Waals surface area contributed by atoms with Crippen molar-refractivity contribution >= 4 is 15.7 Å². The Labute approximate surface area is 134 Å². The van der Waals surface area contributed by atoms with Crippen molar-refractivity contribution in [1.82, 2.24) is 15.5 Å². The zero-order valence-corrected chi connectivity index (χ0v) is 13.3. The number of hydrogen-bond acceptors (Lipinski definition) is 6. The highest BCUT2D eigenvalue weighted by Crippen LogP contribution is 2.18. The summed E-state index contributed by atoms with van der Waals surface area (Å²) in [6.45, 7) is 0.108. The number of carbonyl (C=O) groups is 1. The van der Waals surface area contributed by atoms with E-state index in [4.69, 9.17) is 4.52 Å². The molecule has 0 aliphatic carbocycles. The summed E-state index contributed by atoms with van der Waals surface area (Å²) in [5.74, 6) is 0.0871. The number of rotatable bonds is 5. The van der Waals surface area contributed by atoms with Crippen LogP contribution in [0.25, 0.3) is 0 Å². The van der Waals surface area contributed by atoms with E-state index in [2.05, 4.69) is 15.5 Å². The summed E-state index contributed by atoms with van der Waals surface area (Å²) in [7, 11) is -3.07. The number of carbonyl (C=O) groups excluding carboxylic acids is 1. The Bertz CT molecular complexity index is 786. The van der Waals surface area contributed by atoms with E-state index in [-0.39, 0.29) is 24.0 Å². The number of aromatic nitrogens is 2. The Hall–Kier alpha value is -2.22. The molecular weight excluding hydrogens is 318 g/mol. The van der Waals surface area contributed by atoms with Crippen LogP contribution in [0.15, 0.2) is 34.9 Å². The zero-order valence-electron chi connectivity index (χ0n) is 12.4. The van der Waals surface area contributed by atoms with Gasteiger partial charge in [-0.2, -0.15) is 4.98 Å². The van der Waals surface area contributed by atoms with E-state index in [1.165, 1.54) is 0 Å². The average Bonchev–Trinajstić information content (AvgIpc) is 3.12. The van der Waals surface area contributed by atoms with E-state index >= 15 is 0 Å². The molecule has 8 heteroatoms. The predicted octanol–water partition coefficient (Wildman–Crippen LogP) is 0.711. The van der Waals surface area contributed by atoms with Crippen molar-refractivity contribution in [3.8, 4) is 0 Å². The highest BCUT2D eigenvalue weighted by Gasteiger charge is 2.32. The van der Waals surface area contributed by atoms with Gasteiger partial charge in [0, 0.05) is 6.42 Å². The molecule has 0 unspecified atom stereocenters. The number of amides is 1. The maximum absolute atomic E-state index is 11.9. The van der Waals surface area contributed by atoms with Crippen LogP contribution < -0.4 is 5.32 Å². The van der Waals surface area contributed by atoms with Gasteiger partial charge in [0.05, 0.1) is 24.0 Å². The van der Waals surface area contributed by atoms with E-state index in [0.29, 0.717) is 24.6 Å². The van der Waals surface area contributed by atoms with E-state index in [0.717, 1.165) is 5.56 Å². The van der Waals surface area contributed by atoms with Crippen LogP contribution in [0.5, 0.6) is 0 Å². The minimum absolute atomic E-state index is 0.0763. The van der Waals surface area contributed by atoms with Gasteiger partial charge < -0.3 is 9.84 Å². The van der Waals surface area contributed by atoms with Gasteiger partial charge in [-0.05, 0) is 12.0 Å². The Kier molecular flexibility index (Phi) is 4.42. The molecule has 0 radical (unpaired) electrons. The van der Waals surface area contributed by atoms with E-state index in [9.17, 15) is 13.2 Å². The van der Waals surface area contributed by atoms with Gasteiger partial charge in [-0.25, -0.2) is 8.42 Å². The topological polar surface area (TPSA) is 102 Å². The van der Waals surface area contributed by atoms with Crippen LogP contribution in [-0.2, 0) is 27.6 Å². The van der Waals surface area contributed by atoms with Crippen molar-refractivity contribution in [2.45, 2.75) is 19.4 Å². The molecule has 1 fully saturated rings. The van der Waals surface area contributed by atoms with Crippen LogP contribution in [0.2, 0.25) is 0 Å². The van der Waals surface area contributed by atoms with Crippen molar-refractivity contribution in [3.05, 3.63) is 47.6 Å². The van der Waals surface area contributed by atoms with Crippen LogP contribution in [0, 0.1) is 5.92 Å². The maximum Gasteiger partial charge on any atom is 0.246 e. The quantitative estimate of drug-likeness (QED) is 0.863. The Morgan fingerprint density at radius 1 is 1.30 bits per heavy atom. The van der Waals surface area contributed by atoms with Crippen LogP contribution in [0.3, 0.4) is 0 Å². The summed E-state index contributed by atoms with van der Waals surface area (Å²) in [6, 6.07) is 9.75. The van der Waals surface area contributed by atoms with Gasteiger partial charge in [-0.15, -0.1) is 0 Å². The number of nitrogens with zero attached hydrogens (tertiary/aromatic N) is 2. The summed E-state index contributed by atoms with van der Waals surface area (Å²) in [6.07, 6.45) is 0.927. The summed E-state index contributed by atoms with van der Waals surface area (Å²) < 4.78 is 27.8. The lowest BCUT2D eigenvalue weighted by molar-refractivity contribution is -0.124. The molecule has 1 aromatic carbocycles. The predicted molar refractivity (Wildman–Crippen MR) is 82.2 cm³/mol. The normalized spacial score (nSPS) is 19.6. The van der Waals surface area contributed by atoms with Gasteiger partial charge in [-0.3, -0.25) is 4.79 Å². The van der Waals surface area contributed by atoms with Crippen molar-refractivity contribution in [1.29, 1.82) is 0 Å². The van der Waals surface area contributed by atoms with E-state index in [1.54, 1.807) is 0 Å². The Balaban J connectivity index is 1.52. The second-order valence-corrected chi connectivity index (χ2v) is 7.81. The lowest BCUT2D eigenvalue weighted by atomic mass is 10.1. The Morgan fingerprint density at radius 3 is 2.78 bits per heavy atom. The highest BCUT2D eigenvalue weighted by molar-refractivity contribution is 7.91. The van der Waals surface area contributed by atoms with Gasteiger partial charge in [-0.1, -0.05) is 35.5 Å². The summed E-state index contributed by atoms with van der Waals surface area (Å²) >= 11 is 0. The lowest BCUT2D eigenvalue weighted by Gasteiger charge is -2.06. The van der Waals surface area contributed by atoms with Crippen molar-refractivity contribution < 1.29 is 17.7 Å². The smallest absolute Gasteiger partial charge is 0.246 e. The third-order valence-electron chi connectivity index (χ3n) is 3.73. The molecule has 1 saturated heterocycles. The van der Waals surface area contributed by atoms with E-state index in [1.807, 2.05) is 30.3 Å².